The quantitative estimate of drug-likeness (QED) is 0.649. The molecule has 0 aliphatic carbocycles. The lowest BCUT2D eigenvalue weighted by Crippen LogP contribution is -2.23. The van der Waals surface area contributed by atoms with Crippen molar-refractivity contribution in [3.8, 4) is 5.69 Å². The van der Waals surface area contributed by atoms with Crippen LogP contribution >= 0.6 is 11.6 Å². The number of amides is 1. The summed E-state index contributed by atoms with van der Waals surface area (Å²) in [6, 6.07) is 9.84. The second kappa shape index (κ2) is 7.58. The van der Waals surface area contributed by atoms with Gasteiger partial charge < -0.3 is 4.90 Å². The minimum atomic E-state index is -0.114. The first kappa shape index (κ1) is 17.9. The maximum atomic E-state index is 12.4. The minimum absolute atomic E-state index is 0.114. The van der Waals surface area contributed by atoms with E-state index in [0.717, 1.165) is 22.5 Å². The third-order valence-electron chi connectivity index (χ3n) is 4.04. The molecule has 0 atom stereocenters. The summed E-state index contributed by atoms with van der Waals surface area (Å²) in [5.41, 5.74) is 3.48. The fourth-order valence-corrected chi connectivity index (χ4v) is 2.87. The van der Waals surface area contributed by atoms with Crippen LogP contribution in [-0.4, -0.2) is 37.4 Å². The standard InChI is InChI=1S/C19H20ClN5O/c1-14-17(19(20)24(3)22-14)9-10-18(26)23(2)12-15-11-21-25(13-15)16-7-5-4-6-8-16/h4-11,13H,12H2,1-3H3/b10-9+. The van der Waals surface area contributed by atoms with Crippen molar-refractivity contribution in [1.82, 2.24) is 24.5 Å². The predicted molar refractivity (Wildman–Crippen MR) is 102 cm³/mol. The zero-order chi connectivity index (χ0) is 18.7. The Labute approximate surface area is 157 Å². The number of para-hydroxylation sites is 1. The van der Waals surface area contributed by atoms with Gasteiger partial charge in [-0.25, -0.2) is 4.68 Å². The first-order valence-electron chi connectivity index (χ1n) is 8.17. The summed E-state index contributed by atoms with van der Waals surface area (Å²) in [6.07, 6.45) is 6.90. The average Bonchev–Trinajstić information content (AvgIpc) is 3.19. The van der Waals surface area contributed by atoms with E-state index in [1.165, 1.54) is 6.08 Å². The number of likely N-dealkylation sites (N-methyl/N-ethyl adjacent to an activating group) is 1. The molecule has 2 heterocycles. The number of halogens is 1. The summed E-state index contributed by atoms with van der Waals surface area (Å²) in [5, 5.41) is 9.09. The van der Waals surface area contributed by atoms with Crippen LogP contribution in [0.2, 0.25) is 5.15 Å². The molecule has 0 aliphatic rings. The lowest BCUT2D eigenvalue weighted by atomic mass is 10.2. The Bertz CT molecular complexity index is 942. The highest BCUT2D eigenvalue weighted by atomic mass is 35.5. The van der Waals surface area contributed by atoms with Crippen LogP contribution < -0.4 is 0 Å². The lowest BCUT2D eigenvalue weighted by molar-refractivity contribution is -0.125. The zero-order valence-corrected chi connectivity index (χ0v) is 15.7. The van der Waals surface area contributed by atoms with E-state index in [1.54, 1.807) is 40.6 Å². The summed E-state index contributed by atoms with van der Waals surface area (Å²) in [6.45, 7) is 2.33. The SMILES string of the molecule is Cc1nn(C)c(Cl)c1/C=C/C(=O)N(C)Cc1cnn(-c2ccccc2)c1. The van der Waals surface area contributed by atoms with Crippen LogP contribution in [0.25, 0.3) is 11.8 Å². The zero-order valence-electron chi connectivity index (χ0n) is 14.9. The molecule has 0 saturated heterocycles. The van der Waals surface area contributed by atoms with Crippen molar-refractivity contribution < 1.29 is 4.79 Å². The topological polar surface area (TPSA) is 56.0 Å². The Morgan fingerprint density at radius 3 is 2.69 bits per heavy atom. The fraction of sp³-hybridized carbons (Fsp3) is 0.211. The largest absolute Gasteiger partial charge is 0.338 e. The molecule has 1 amide bonds. The van der Waals surface area contributed by atoms with Gasteiger partial charge in [0, 0.05) is 44.0 Å². The van der Waals surface area contributed by atoms with Crippen molar-refractivity contribution in [2.45, 2.75) is 13.5 Å². The van der Waals surface area contributed by atoms with E-state index < -0.39 is 0 Å². The molecule has 2 aromatic heterocycles. The van der Waals surface area contributed by atoms with Gasteiger partial charge >= 0.3 is 0 Å². The Morgan fingerprint density at radius 1 is 1.31 bits per heavy atom. The molecule has 134 valence electrons. The molecular formula is C19H20ClN5O. The van der Waals surface area contributed by atoms with E-state index in [1.807, 2.05) is 43.5 Å². The van der Waals surface area contributed by atoms with Gasteiger partial charge in [-0.2, -0.15) is 10.2 Å². The molecule has 0 saturated carbocycles. The summed E-state index contributed by atoms with van der Waals surface area (Å²) in [4.78, 5) is 14.0. The van der Waals surface area contributed by atoms with Crippen LogP contribution in [0.1, 0.15) is 16.8 Å². The first-order chi connectivity index (χ1) is 12.5. The molecule has 0 unspecified atom stereocenters. The van der Waals surface area contributed by atoms with Gasteiger partial charge in [0.05, 0.1) is 17.6 Å². The highest BCUT2D eigenvalue weighted by molar-refractivity contribution is 6.31. The van der Waals surface area contributed by atoms with Gasteiger partial charge in [0.25, 0.3) is 0 Å². The van der Waals surface area contributed by atoms with Crippen molar-refractivity contribution in [3.05, 3.63) is 70.8 Å². The number of hydrogen-bond acceptors (Lipinski definition) is 3. The number of hydrogen-bond donors (Lipinski definition) is 0. The minimum Gasteiger partial charge on any atom is -0.338 e. The highest BCUT2D eigenvalue weighted by Gasteiger charge is 2.11. The van der Waals surface area contributed by atoms with Crippen LogP contribution in [0.5, 0.6) is 0 Å². The molecule has 0 spiro atoms. The molecule has 6 nitrogen and oxygen atoms in total. The third kappa shape index (κ3) is 3.86. The van der Waals surface area contributed by atoms with E-state index in [9.17, 15) is 4.79 Å². The lowest BCUT2D eigenvalue weighted by Gasteiger charge is -2.13. The Kier molecular flexibility index (Phi) is 5.23. The molecule has 0 aliphatic heterocycles. The summed E-state index contributed by atoms with van der Waals surface area (Å²) in [5.74, 6) is -0.114. The molecule has 1 aromatic carbocycles. The van der Waals surface area contributed by atoms with Crippen LogP contribution in [0.4, 0.5) is 0 Å². The van der Waals surface area contributed by atoms with E-state index in [0.29, 0.717) is 11.7 Å². The van der Waals surface area contributed by atoms with Crippen LogP contribution in [0.15, 0.2) is 48.8 Å². The molecule has 26 heavy (non-hydrogen) atoms. The van der Waals surface area contributed by atoms with Crippen molar-refractivity contribution in [2.75, 3.05) is 7.05 Å². The van der Waals surface area contributed by atoms with Gasteiger partial charge in [-0.05, 0) is 25.1 Å². The molecule has 0 radical (unpaired) electrons. The Morgan fingerprint density at radius 2 is 2.04 bits per heavy atom. The molecule has 7 heteroatoms. The normalized spacial score (nSPS) is 11.2. The summed E-state index contributed by atoms with van der Waals surface area (Å²) in [7, 11) is 3.52. The average molecular weight is 370 g/mol. The maximum Gasteiger partial charge on any atom is 0.246 e. The van der Waals surface area contributed by atoms with Crippen molar-refractivity contribution in [2.24, 2.45) is 7.05 Å². The molecule has 0 fully saturated rings. The van der Waals surface area contributed by atoms with Crippen molar-refractivity contribution in [1.29, 1.82) is 0 Å². The number of nitrogens with zero attached hydrogens (tertiary/aromatic N) is 5. The first-order valence-corrected chi connectivity index (χ1v) is 8.54. The molecule has 0 N–H and O–H groups in total. The third-order valence-corrected chi connectivity index (χ3v) is 4.49. The van der Waals surface area contributed by atoms with Crippen LogP contribution in [0.3, 0.4) is 0 Å². The number of carbonyl (C=O) groups is 1. The molecule has 0 bridgehead atoms. The van der Waals surface area contributed by atoms with Crippen LogP contribution in [-0.2, 0) is 18.4 Å². The number of rotatable bonds is 5. The Balaban J connectivity index is 1.66. The van der Waals surface area contributed by atoms with E-state index in [4.69, 9.17) is 11.6 Å². The van der Waals surface area contributed by atoms with Gasteiger partial charge in [0.1, 0.15) is 5.15 Å². The molecule has 3 aromatic rings. The summed E-state index contributed by atoms with van der Waals surface area (Å²) >= 11 is 6.18. The van der Waals surface area contributed by atoms with Gasteiger partial charge in [-0.15, -0.1) is 0 Å². The number of carbonyl (C=O) groups excluding carboxylic acids is 1. The highest BCUT2D eigenvalue weighted by Crippen LogP contribution is 2.20. The van der Waals surface area contributed by atoms with Gasteiger partial charge in [0.15, 0.2) is 0 Å². The van der Waals surface area contributed by atoms with Gasteiger partial charge in [-0.3, -0.25) is 9.48 Å². The smallest absolute Gasteiger partial charge is 0.246 e. The van der Waals surface area contributed by atoms with Crippen LogP contribution in [0, 0.1) is 6.92 Å². The number of aromatic nitrogens is 4. The maximum absolute atomic E-state index is 12.4. The Hall–Kier alpha value is -2.86. The van der Waals surface area contributed by atoms with E-state index >= 15 is 0 Å². The number of benzene rings is 1. The fourth-order valence-electron chi connectivity index (χ4n) is 2.63. The second-order valence-corrected chi connectivity index (χ2v) is 6.43. The van der Waals surface area contributed by atoms with E-state index in [-0.39, 0.29) is 5.91 Å². The monoisotopic (exact) mass is 369 g/mol. The molecular weight excluding hydrogens is 350 g/mol. The predicted octanol–water partition coefficient (Wildman–Crippen LogP) is 3.24. The summed E-state index contributed by atoms with van der Waals surface area (Å²) < 4.78 is 3.38. The van der Waals surface area contributed by atoms with Gasteiger partial charge in [0.2, 0.25) is 5.91 Å². The molecule has 3 rings (SSSR count). The second-order valence-electron chi connectivity index (χ2n) is 6.07. The van der Waals surface area contributed by atoms with Crippen molar-refractivity contribution in [3.63, 3.8) is 0 Å². The van der Waals surface area contributed by atoms with Crippen molar-refractivity contribution >= 4 is 23.6 Å². The number of aryl methyl sites for hydroxylation is 2. The van der Waals surface area contributed by atoms with E-state index in [2.05, 4.69) is 10.2 Å². The van der Waals surface area contributed by atoms with Gasteiger partial charge in [-0.1, -0.05) is 29.8 Å².